The molecule has 2 heterocycles. The molecule has 0 saturated carbocycles. The molecule has 0 radical (unpaired) electrons. The number of ether oxygens (including phenoxy) is 1. The number of hydrogen-bond donors (Lipinski definition) is 1. The maximum Gasteiger partial charge on any atom is 0.226 e. The molecule has 7 heteroatoms. The Morgan fingerprint density at radius 2 is 2.11 bits per heavy atom. The highest BCUT2D eigenvalue weighted by molar-refractivity contribution is 5.78. The van der Waals surface area contributed by atoms with Gasteiger partial charge in [-0.1, -0.05) is 17.3 Å². The van der Waals surface area contributed by atoms with Crippen molar-refractivity contribution < 1.29 is 18.5 Å². The summed E-state index contributed by atoms with van der Waals surface area (Å²) in [7, 11) is 5.49. The normalized spacial score (nSPS) is 12.1. The Morgan fingerprint density at radius 3 is 2.81 bits per heavy atom. The minimum absolute atomic E-state index is 0.0337. The Bertz CT molecular complexity index is 871. The number of carbonyl (C=O) groups excluding carboxylic acids is 1. The molecule has 1 unspecified atom stereocenters. The van der Waals surface area contributed by atoms with Crippen molar-refractivity contribution >= 4 is 5.91 Å². The van der Waals surface area contributed by atoms with Crippen LogP contribution in [0.2, 0.25) is 0 Å². The number of likely N-dealkylation sites (N-methyl/N-ethyl adjacent to an activating group) is 1. The Morgan fingerprint density at radius 1 is 1.26 bits per heavy atom. The number of furan rings is 1. The first-order chi connectivity index (χ1) is 13.1. The fourth-order valence-corrected chi connectivity index (χ4v) is 2.76. The third-order valence-corrected chi connectivity index (χ3v) is 4.24. The van der Waals surface area contributed by atoms with Crippen LogP contribution in [0.1, 0.15) is 17.5 Å². The molecule has 1 N–H and O–H groups in total. The highest BCUT2D eigenvalue weighted by atomic mass is 16.5. The Kier molecular flexibility index (Phi) is 5.93. The van der Waals surface area contributed by atoms with Gasteiger partial charge in [0.15, 0.2) is 5.76 Å². The van der Waals surface area contributed by atoms with E-state index in [9.17, 15) is 4.79 Å². The van der Waals surface area contributed by atoms with E-state index in [0.29, 0.717) is 18.0 Å². The van der Waals surface area contributed by atoms with Crippen molar-refractivity contribution in [2.75, 3.05) is 27.7 Å². The zero-order chi connectivity index (χ0) is 19.2. The molecule has 1 amide bonds. The van der Waals surface area contributed by atoms with Crippen LogP contribution in [0.5, 0.6) is 5.75 Å². The van der Waals surface area contributed by atoms with Gasteiger partial charge in [-0.3, -0.25) is 9.69 Å². The lowest BCUT2D eigenvalue weighted by molar-refractivity contribution is -0.120. The molecular formula is C20H23N3O4. The van der Waals surface area contributed by atoms with Crippen LogP contribution in [0.4, 0.5) is 0 Å². The van der Waals surface area contributed by atoms with Gasteiger partial charge >= 0.3 is 0 Å². The summed E-state index contributed by atoms with van der Waals surface area (Å²) in [5.41, 5.74) is 1.42. The quantitative estimate of drug-likeness (QED) is 0.658. The Balaban J connectivity index is 1.59. The first-order valence-corrected chi connectivity index (χ1v) is 8.63. The molecular weight excluding hydrogens is 346 g/mol. The zero-order valence-corrected chi connectivity index (χ0v) is 15.6. The van der Waals surface area contributed by atoms with Gasteiger partial charge in [0.25, 0.3) is 0 Å². The van der Waals surface area contributed by atoms with Gasteiger partial charge in [-0.25, -0.2) is 0 Å². The largest absolute Gasteiger partial charge is 0.497 e. The summed E-state index contributed by atoms with van der Waals surface area (Å²) >= 11 is 0. The molecule has 1 aromatic carbocycles. The lowest BCUT2D eigenvalue weighted by Gasteiger charge is -2.22. The van der Waals surface area contributed by atoms with Crippen molar-refractivity contribution in [2.24, 2.45) is 0 Å². The van der Waals surface area contributed by atoms with Crippen LogP contribution < -0.4 is 10.1 Å². The molecule has 0 bridgehead atoms. The monoisotopic (exact) mass is 369 g/mol. The minimum atomic E-state index is -0.126. The summed E-state index contributed by atoms with van der Waals surface area (Å²) in [6, 6.07) is 13.0. The highest BCUT2D eigenvalue weighted by Gasteiger charge is 2.18. The van der Waals surface area contributed by atoms with E-state index < -0.39 is 0 Å². The molecule has 0 aliphatic rings. The standard InChI is InChI=1S/C20H23N3O4/c1-23(2)17(18-8-5-9-26-18)13-21-20(24)12-15-11-19(27-22-15)14-6-4-7-16(10-14)25-3/h4-11,17H,12-13H2,1-3H3,(H,21,24). The topological polar surface area (TPSA) is 80.7 Å². The predicted octanol–water partition coefficient (Wildman–Crippen LogP) is 2.90. The number of rotatable bonds is 8. The summed E-state index contributed by atoms with van der Waals surface area (Å²) in [6.45, 7) is 0.444. The molecule has 0 saturated heterocycles. The first-order valence-electron chi connectivity index (χ1n) is 8.63. The number of hydrogen-bond acceptors (Lipinski definition) is 6. The summed E-state index contributed by atoms with van der Waals surface area (Å²) in [5, 5.41) is 6.92. The smallest absolute Gasteiger partial charge is 0.226 e. The van der Waals surface area contributed by atoms with Gasteiger partial charge in [-0.2, -0.15) is 0 Å². The van der Waals surface area contributed by atoms with Crippen molar-refractivity contribution in [1.82, 2.24) is 15.4 Å². The number of amides is 1. The molecule has 1 atom stereocenters. The third-order valence-electron chi connectivity index (χ3n) is 4.24. The first kappa shape index (κ1) is 18.7. The third kappa shape index (κ3) is 4.77. The summed E-state index contributed by atoms with van der Waals surface area (Å²) in [4.78, 5) is 14.3. The van der Waals surface area contributed by atoms with Crippen LogP contribution in [0.25, 0.3) is 11.3 Å². The average molecular weight is 369 g/mol. The zero-order valence-electron chi connectivity index (χ0n) is 15.6. The van der Waals surface area contributed by atoms with Crippen LogP contribution in [0.3, 0.4) is 0 Å². The number of nitrogens with one attached hydrogen (secondary N) is 1. The molecule has 0 fully saturated rings. The number of aromatic nitrogens is 1. The van der Waals surface area contributed by atoms with Crippen LogP contribution in [-0.4, -0.2) is 43.7 Å². The molecule has 0 aliphatic heterocycles. The van der Waals surface area contributed by atoms with Crippen LogP contribution >= 0.6 is 0 Å². The summed E-state index contributed by atoms with van der Waals surface area (Å²) < 4.78 is 16.0. The summed E-state index contributed by atoms with van der Waals surface area (Å²) in [6.07, 6.45) is 1.77. The van der Waals surface area contributed by atoms with Gasteiger partial charge in [0.2, 0.25) is 5.91 Å². The van der Waals surface area contributed by atoms with Crippen molar-refractivity contribution in [3.8, 4) is 17.1 Å². The fraction of sp³-hybridized carbons (Fsp3) is 0.300. The van der Waals surface area contributed by atoms with E-state index in [4.69, 9.17) is 13.7 Å². The van der Waals surface area contributed by atoms with Gasteiger partial charge in [-0.15, -0.1) is 0 Å². The Labute approximate surface area is 157 Å². The second-order valence-electron chi connectivity index (χ2n) is 6.39. The van der Waals surface area contributed by atoms with Crippen LogP contribution in [0, 0.1) is 0 Å². The number of carbonyl (C=O) groups is 1. The molecule has 0 aliphatic carbocycles. The van der Waals surface area contributed by atoms with E-state index in [-0.39, 0.29) is 18.4 Å². The van der Waals surface area contributed by atoms with Crippen LogP contribution in [0.15, 0.2) is 57.7 Å². The van der Waals surface area contributed by atoms with Gasteiger partial charge in [0.05, 0.1) is 31.5 Å². The second kappa shape index (κ2) is 8.55. The average Bonchev–Trinajstić information content (AvgIpc) is 3.34. The number of nitrogens with zero attached hydrogens (tertiary/aromatic N) is 2. The van der Waals surface area contributed by atoms with Crippen molar-refractivity contribution in [3.05, 3.63) is 60.2 Å². The highest BCUT2D eigenvalue weighted by Crippen LogP contribution is 2.24. The lowest BCUT2D eigenvalue weighted by atomic mass is 10.1. The van der Waals surface area contributed by atoms with Crippen molar-refractivity contribution in [2.45, 2.75) is 12.5 Å². The van der Waals surface area contributed by atoms with E-state index >= 15 is 0 Å². The molecule has 3 aromatic rings. The second-order valence-corrected chi connectivity index (χ2v) is 6.39. The van der Waals surface area contributed by atoms with Gasteiger partial charge < -0.3 is 19.0 Å². The number of benzene rings is 1. The van der Waals surface area contributed by atoms with E-state index in [1.807, 2.05) is 55.4 Å². The van der Waals surface area contributed by atoms with Crippen LogP contribution in [-0.2, 0) is 11.2 Å². The summed E-state index contributed by atoms with van der Waals surface area (Å²) in [5.74, 6) is 2.01. The maximum atomic E-state index is 12.3. The molecule has 2 aromatic heterocycles. The molecule has 142 valence electrons. The predicted molar refractivity (Wildman–Crippen MR) is 100 cm³/mol. The minimum Gasteiger partial charge on any atom is -0.497 e. The molecule has 7 nitrogen and oxygen atoms in total. The van der Waals surface area contributed by atoms with Gasteiger partial charge in [0.1, 0.15) is 11.5 Å². The Hall–Kier alpha value is -3.06. The van der Waals surface area contributed by atoms with Crippen molar-refractivity contribution in [1.29, 1.82) is 0 Å². The molecule has 3 rings (SSSR count). The van der Waals surface area contributed by atoms with Gasteiger partial charge in [0, 0.05) is 18.2 Å². The maximum absolute atomic E-state index is 12.3. The van der Waals surface area contributed by atoms with Crippen molar-refractivity contribution in [3.63, 3.8) is 0 Å². The van der Waals surface area contributed by atoms with Gasteiger partial charge in [-0.05, 0) is 38.4 Å². The SMILES string of the molecule is COc1cccc(-c2cc(CC(=O)NCC(c3ccco3)N(C)C)no2)c1. The van der Waals surface area contributed by atoms with E-state index in [1.165, 1.54) is 0 Å². The van der Waals surface area contributed by atoms with E-state index in [0.717, 1.165) is 17.1 Å². The fourth-order valence-electron chi connectivity index (χ4n) is 2.76. The van der Waals surface area contributed by atoms with E-state index in [2.05, 4.69) is 10.5 Å². The van der Waals surface area contributed by atoms with E-state index in [1.54, 1.807) is 19.4 Å². The molecule has 0 spiro atoms. The lowest BCUT2D eigenvalue weighted by Crippen LogP contribution is -2.35. The molecule has 27 heavy (non-hydrogen) atoms. The number of methoxy groups -OCH3 is 1.